The van der Waals surface area contributed by atoms with E-state index in [-0.39, 0.29) is 11.6 Å². The summed E-state index contributed by atoms with van der Waals surface area (Å²) in [5.41, 5.74) is 3.43. The third kappa shape index (κ3) is 3.63. The summed E-state index contributed by atoms with van der Waals surface area (Å²) in [7, 11) is 0. The molecule has 0 spiro atoms. The quantitative estimate of drug-likeness (QED) is 0.560. The van der Waals surface area contributed by atoms with Gasteiger partial charge in [0.2, 0.25) is 5.82 Å². The van der Waals surface area contributed by atoms with Gasteiger partial charge in [0.15, 0.2) is 0 Å². The van der Waals surface area contributed by atoms with Crippen molar-refractivity contribution in [2.24, 2.45) is 0 Å². The molecule has 0 aliphatic carbocycles. The molecule has 27 heavy (non-hydrogen) atoms. The van der Waals surface area contributed by atoms with E-state index < -0.39 is 5.91 Å². The number of rotatable bonds is 4. The topological polar surface area (TPSA) is 59.8 Å². The Balaban J connectivity index is 1.56. The number of nitrogens with one attached hydrogen (secondary N) is 1. The molecule has 2 heterocycles. The zero-order valence-electron chi connectivity index (χ0n) is 14.4. The van der Waals surface area contributed by atoms with Gasteiger partial charge in [0.25, 0.3) is 5.91 Å². The maximum absolute atomic E-state index is 13.1. The van der Waals surface area contributed by atoms with Crippen molar-refractivity contribution in [1.29, 1.82) is 0 Å². The number of benzene rings is 2. The number of thiophene rings is 1. The van der Waals surface area contributed by atoms with E-state index in [0.29, 0.717) is 17.2 Å². The number of anilines is 1. The van der Waals surface area contributed by atoms with E-state index in [2.05, 4.69) is 20.8 Å². The van der Waals surface area contributed by atoms with Crippen LogP contribution in [-0.4, -0.2) is 20.7 Å². The van der Waals surface area contributed by atoms with Crippen molar-refractivity contribution in [1.82, 2.24) is 14.8 Å². The van der Waals surface area contributed by atoms with Crippen LogP contribution < -0.4 is 5.32 Å². The van der Waals surface area contributed by atoms with Crippen molar-refractivity contribution in [2.75, 3.05) is 5.32 Å². The predicted molar refractivity (Wildman–Crippen MR) is 104 cm³/mol. The van der Waals surface area contributed by atoms with E-state index in [1.54, 1.807) is 30.4 Å². The summed E-state index contributed by atoms with van der Waals surface area (Å²) >= 11 is 1.62. The van der Waals surface area contributed by atoms with Crippen LogP contribution in [0.25, 0.3) is 16.8 Å². The maximum Gasteiger partial charge on any atom is 0.295 e. The van der Waals surface area contributed by atoms with Gasteiger partial charge in [0.1, 0.15) is 11.6 Å². The Hall–Kier alpha value is -3.32. The molecule has 0 bridgehead atoms. The number of hydrogen-bond donors (Lipinski definition) is 1. The van der Waals surface area contributed by atoms with E-state index in [0.717, 1.165) is 11.1 Å². The first-order chi connectivity index (χ1) is 13.1. The number of nitrogens with zero attached hydrogens (tertiary/aromatic N) is 3. The van der Waals surface area contributed by atoms with E-state index in [4.69, 9.17) is 0 Å². The molecule has 1 N–H and O–H groups in total. The monoisotopic (exact) mass is 378 g/mol. The number of aryl methyl sites for hydroxylation is 1. The zero-order chi connectivity index (χ0) is 18.8. The Kier molecular flexibility index (Phi) is 4.52. The fourth-order valence-electron chi connectivity index (χ4n) is 2.71. The Morgan fingerprint density at radius 2 is 1.93 bits per heavy atom. The summed E-state index contributed by atoms with van der Waals surface area (Å²) in [6, 6.07) is 15.5. The molecule has 134 valence electrons. The van der Waals surface area contributed by atoms with Crippen LogP contribution in [0.15, 0.2) is 65.4 Å². The smallest absolute Gasteiger partial charge is 0.295 e. The molecule has 0 fully saturated rings. The van der Waals surface area contributed by atoms with Crippen molar-refractivity contribution in [3.05, 3.63) is 82.8 Å². The van der Waals surface area contributed by atoms with Gasteiger partial charge in [-0.15, -0.1) is 5.10 Å². The molecule has 0 atom stereocenters. The lowest BCUT2D eigenvalue weighted by Gasteiger charge is -2.05. The van der Waals surface area contributed by atoms with Crippen LogP contribution in [0.3, 0.4) is 0 Å². The number of hydrogen-bond acceptors (Lipinski definition) is 4. The SMILES string of the molecule is Cc1nc(C(=O)Nc2cccc(-c3ccsc3)c2)nn1-c1ccc(F)cc1. The highest BCUT2D eigenvalue weighted by atomic mass is 32.1. The molecule has 4 aromatic rings. The second-order valence-electron chi connectivity index (χ2n) is 5.92. The van der Waals surface area contributed by atoms with Crippen LogP contribution in [-0.2, 0) is 0 Å². The second-order valence-corrected chi connectivity index (χ2v) is 6.70. The van der Waals surface area contributed by atoms with Crippen LogP contribution in [0.2, 0.25) is 0 Å². The van der Waals surface area contributed by atoms with Crippen molar-refractivity contribution in [3.63, 3.8) is 0 Å². The Morgan fingerprint density at radius 1 is 1.11 bits per heavy atom. The summed E-state index contributed by atoms with van der Waals surface area (Å²) in [5.74, 6) is -0.141. The number of aromatic nitrogens is 3. The third-order valence-electron chi connectivity index (χ3n) is 4.02. The summed E-state index contributed by atoms with van der Waals surface area (Å²) in [6.07, 6.45) is 0. The second kappa shape index (κ2) is 7.13. The van der Waals surface area contributed by atoms with Crippen LogP contribution in [0.1, 0.15) is 16.4 Å². The van der Waals surface area contributed by atoms with E-state index in [9.17, 15) is 9.18 Å². The largest absolute Gasteiger partial charge is 0.319 e. The Morgan fingerprint density at radius 3 is 2.67 bits per heavy atom. The van der Waals surface area contributed by atoms with Crippen LogP contribution in [0.4, 0.5) is 10.1 Å². The Labute approximate surface area is 159 Å². The van der Waals surface area contributed by atoms with E-state index >= 15 is 0 Å². The van der Waals surface area contributed by atoms with E-state index in [1.165, 1.54) is 16.8 Å². The van der Waals surface area contributed by atoms with Gasteiger partial charge in [0, 0.05) is 5.69 Å². The van der Waals surface area contributed by atoms with Crippen molar-refractivity contribution < 1.29 is 9.18 Å². The Bertz CT molecular complexity index is 1090. The number of halogens is 1. The van der Waals surface area contributed by atoms with Gasteiger partial charge in [-0.05, 0) is 71.3 Å². The lowest BCUT2D eigenvalue weighted by molar-refractivity contribution is 0.101. The van der Waals surface area contributed by atoms with Gasteiger partial charge in [-0.2, -0.15) is 11.3 Å². The number of carbonyl (C=O) groups excluding carboxylic acids is 1. The molecule has 7 heteroatoms. The average Bonchev–Trinajstić information content (AvgIpc) is 3.33. The summed E-state index contributed by atoms with van der Waals surface area (Å²) in [6.45, 7) is 1.74. The first kappa shape index (κ1) is 17.1. The summed E-state index contributed by atoms with van der Waals surface area (Å²) in [4.78, 5) is 16.8. The molecule has 0 aliphatic heterocycles. The van der Waals surface area contributed by atoms with Crippen molar-refractivity contribution >= 4 is 22.9 Å². The fourth-order valence-corrected chi connectivity index (χ4v) is 3.37. The van der Waals surface area contributed by atoms with Gasteiger partial charge >= 0.3 is 0 Å². The predicted octanol–water partition coefficient (Wildman–Crippen LogP) is 4.70. The molecule has 4 rings (SSSR count). The highest BCUT2D eigenvalue weighted by Crippen LogP contribution is 2.25. The average molecular weight is 378 g/mol. The standard InChI is InChI=1S/C20H15FN4OS/c1-13-22-19(24-25(13)18-7-5-16(21)6-8-18)20(26)23-17-4-2-3-14(11-17)15-9-10-27-12-15/h2-12H,1H3,(H,23,26). The van der Waals surface area contributed by atoms with E-state index in [1.807, 2.05) is 35.7 Å². The van der Waals surface area contributed by atoms with Crippen LogP contribution in [0, 0.1) is 12.7 Å². The molecule has 5 nitrogen and oxygen atoms in total. The first-order valence-corrected chi connectivity index (χ1v) is 9.18. The van der Waals surface area contributed by atoms with Crippen molar-refractivity contribution in [3.8, 4) is 16.8 Å². The first-order valence-electron chi connectivity index (χ1n) is 8.24. The minimum atomic E-state index is -0.401. The van der Waals surface area contributed by atoms with Crippen molar-refractivity contribution in [2.45, 2.75) is 6.92 Å². The molecule has 0 saturated heterocycles. The minimum absolute atomic E-state index is 0.0535. The van der Waals surface area contributed by atoms with Gasteiger partial charge in [-0.25, -0.2) is 14.1 Å². The number of amides is 1. The van der Waals surface area contributed by atoms with Crippen LogP contribution in [0.5, 0.6) is 0 Å². The summed E-state index contributed by atoms with van der Waals surface area (Å²) < 4.78 is 14.6. The molecule has 2 aromatic heterocycles. The molecule has 1 amide bonds. The maximum atomic E-state index is 13.1. The highest BCUT2D eigenvalue weighted by molar-refractivity contribution is 7.08. The molecule has 0 unspecified atom stereocenters. The molecular weight excluding hydrogens is 363 g/mol. The highest BCUT2D eigenvalue weighted by Gasteiger charge is 2.16. The normalized spacial score (nSPS) is 10.7. The lowest BCUT2D eigenvalue weighted by Crippen LogP contribution is -2.14. The zero-order valence-corrected chi connectivity index (χ0v) is 15.2. The molecule has 0 aliphatic rings. The van der Waals surface area contributed by atoms with Gasteiger partial charge in [0.05, 0.1) is 5.69 Å². The molecule has 2 aromatic carbocycles. The third-order valence-corrected chi connectivity index (χ3v) is 4.70. The number of carbonyl (C=O) groups is 1. The molecule has 0 radical (unpaired) electrons. The molecular formula is C20H15FN4OS. The van der Waals surface area contributed by atoms with Gasteiger partial charge in [-0.3, -0.25) is 4.79 Å². The fraction of sp³-hybridized carbons (Fsp3) is 0.0500. The minimum Gasteiger partial charge on any atom is -0.319 e. The van der Waals surface area contributed by atoms with Crippen LogP contribution >= 0.6 is 11.3 Å². The molecule has 0 saturated carbocycles. The van der Waals surface area contributed by atoms with Gasteiger partial charge in [-0.1, -0.05) is 12.1 Å². The van der Waals surface area contributed by atoms with Gasteiger partial charge < -0.3 is 5.32 Å². The lowest BCUT2D eigenvalue weighted by atomic mass is 10.1. The summed E-state index contributed by atoms with van der Waals surface area (Å²) in [5, 5.41) is 11.1.